The van der Waals surface area contributed by atoms with E-state index in [0.717, 1.165) is 15.8 Å². The van der Waals surface area contributed by atoms with E-state index < -0.39 is 16.1 Å². The maximum Gasteiger partial charge on any atom is 0.241 e. The lowest BCUT2D eigenvalue weighted by Gasteiger charge is -2.17. The predicted octanol–water partition coefficient (Wildman–Crippen LogP) is 4.44. The molecule has 8 heteroatoms. The molecule has 0 amide bonds. The number of methoxy groups -OCH3 is 1. The average molecular weight is 450 g/mol. The summed E-state index contributed by atoms with van der Waals surface area (Å²) in [6.07, 6.45) is 0.298. The third-order valence-corrected chi connectivity index (χ3v) is 7.44. The van der Waals surface area contributed by atoms with E-state index in [2.05, 4.69) is 15.8 Å². The van der Waals surface area contributed by atoms with Crippen LogP contribution in [0.25, 0.3) is 10.2 Å². The largest absolute Gasteiger partial charge is 0.497 e. The van der Waals surface area contributed by atoms with Crippen molar-refractivity contribution in [1.82, 2.24) is 9.71 Å². The molecule has 0 saturated heterocycles. The van der Waals surface area contributed by atoms with Crippen molar-refractivity contribution in [2.75, 3.05) is 7.11 Å². The van der Waals surface area contributed by atoms with Crippen LogP contribution in [-0.2, 0) is 16.4 Å². The van der Waals surface area contributed by atoms with Crippen LogP contribution >= 0.6 is 11.3 Å². The number of hydrogen-bond donors (Lipinski definition) is 1. The van der Waals surface area contributed by atoms with Gasteiger partial charge >= 0.3 is 0 Å². The van der Waals surface area contributed by atoms with Crippen LogP contribution in [0.1, 0.15) is 22.2 Å². The first-order valence-corrected chi connectivity index (χ1v) is 11.8. The molecule has 0 radical (unpaired) electrons. The van der Waals surface area contributed by atoms with Gasteiger partial charge in [-0.15, -0.1) is 11.3 Å². The number of sulfonamides is 1. The van der Waals surface area contributed by atoms with Gasteiger partial charge in [-0.25, -0.2) is 18.1 Å². The van der Waals surface area contributed by atoms with Crippen LogP contribution in [0.2, 0.25) is 0 Å². The first-order chi connectivity index (χ1) is 15.0. The molecule has 1 atom stereocenters. The van der Waals surface area contributed by atoms with Gasteiger partial charge in [-0.1, -0.05) is 36.4 Å². The topological polar surface area (TPSA) is 92.1 Å². The van der Waals surface area contributed by atoms with E-state index in [9.17, 15) is 13.7 Å². The molecule has 4 aromatic rings. The SMILES string of the molecule is COc1ccc2nc(C(Cc3ccccc3C#N)NS(=O)(=O)c3ccccc3)sc2c1. The molecule has 3 aromatic carbocycles. The molecule has 4 rings (SSSR count). The van der Waals surface area contributed by atoms with Gasteiger partial charge in [0.2, 0.25) is 10.0 Å². The van der Waals surface area contributed by atoms with E-state index >= 15 is 0 Å². The molecule has 1 N–H and O–H groups in total. The fourth-order valence-electron chi connectivity index (χ4n) is 3.26. The van der Waals surface area contributed by atoms with Crippen LogP contribution in [0.5, 0.6) is 5.75 Å². The quantitative estimate of drug-likeness (QED) is 0.450. The lowest BCUT2D eigenvalue weighted by Crippen LogP contribution is -2.30. The Hall–Kier alpha value is -3.25. The first kappa shape index (κ1) is 21.0. The molecule has 0 aliphatic rings. The minimum absolute atomic E-state index is 0.177. The monoisotopic (exact) mass is 449 g/mol. The molecule has 6 nitrogen and oxygen atoms in total. The molecule has 0 bridgehead atoms. The average Bonchev–Trinajstić information content (AvgIpc) is 3.23. The van der Waals surface area contributed by atoms with Crippen molar-refractivity contribution in [1.29, 1.82) is 5.26 Å². The van der Waals surface area contributed by atoms with Crippen molar-refractivity contribution in [3.05, 3.63) is 88.9 Å². The normalized spacial score (nSPS) is 12.4. The van der Waals surface area contributed by atoms with Gasteiger partial charge in [0, 0.05) is 0 Å². The summed E-state index contributed by atoms with van der Waals surface area (Å²) in [6.45, 7) is 0. The summed E-state index contributed by atoms with van der Waals surface area (Å²) in [5.74, 6) is 0.707. The van der Waals surface area contributed by atoms with E-state index in [-0.39, 0.29) is 4.90 Å². The van der Waals surface area contributed by atoms with Crippen molar-refractivity contribution in [2.45, 2.75) is 17.4 Å². The molecule has 1 aromatic heterocycles. The third-order valence-electron chi connectivity index (χ3n) is 4.82. The maximum absolute atomic E-state index is 13.1. The zero-order valence-electron chi connectivity index (χ0n) is 16.6. The Bertz CT molecular complexity index is 1360. The Kier molecular flexibility index (Phi) is 6.00. The Balaban J connectivity index is 1.76. The third kappa shape index (κ3) is 4.59. The number of fused-ring (bicyclic) bond motifs is 1. The zero-order chi connectivity index (χ0) is 21.8. The highest BCUT2D eigenvalue weighted by Gasteiger charge is 2.25. The van der Waals surface area contributed by atoms with Gasteiger partial charge in [0.1, 0.15) is 10.8 Å². The predicted molar refractivity (Wildman–Crippen MR) is 121 cm³/mol. The summed E-state index contributed by atoms with van der Waals surface area (Å²) in [4.78, 5) is 4.85. The summed E-state index contributed by atoms with van der Waals surface area (Å²) in [5.41, 5.74) is 2.02. The smallest absolute Gasteiger partial charge is 0.241 e. The molecule has 1 heterocycles. The fraction of sp³-hybridized carbons (Fsp3) is 0.130. The van der Waals surface area contributed by atoms with Crippen LogP contribution in [0, 0.1) is 11.3 Å². The number of nitriles is 1. The number of nitrogens with zero attached hydrogens (tertiary/aromatic N) is 2. The van der Waals surface area contributed by atoms with Crippen LogP contribution in [0.4, 0.5) is 0 Å². The van der Waals surface area contributed by atoms with Gasteiger partial charge in [0.15, 0.2) is 0 Å². The molecule has 31 heavy (non-hydrogen) atoms. The van der Waals surface area contributed by atoms with Gasteiger partial charge in [-0.05, 0) is 48.4 Å². The van der Waals surface area contributed by atoms with Gasteiger partial charge in [0.05, 0.1) is 39.9 Å². The van der Waals surface area contributed by atoms with Crippen LogP contribution in [0.15, 0.2) is 77.7 Å². The number of benzene rings is 3. The fourth-order valence-corrected chi connectivity index (χ4v) is 5.60. The molecule has 0 fully saturated rings. The minimum atomic E-state index is -3.79. The number of rotatable bonds is 7. The van der Waals surface area contributed by atoms with E-state index in [1.807, 2.05) is 30.3 Å². The summed E-state index contributed by atoms with van der Waals surface area (Å²) >= 11 is 1.40. The molecule has 0 aliphatic heterocycles. The van der Waals surface area contributed by atoms with Gasteiger partial charge in [-0.3, -0.25) is 0 Å². The zero-order valence-corrected chi connectivity index (χ0v) is 18.3. The lowest BCUT2D eigenvalue weighted by atomic mass is 10.0. The summed E-state index contributed by atoms with van der Waals surface area (Å²) < 4.78 is 35.1. The Morgan fingerprint density at radius 3 is 2.58 bits per heavy atom. The van der Waals surface area contributed by atoms with Crippen LogP contribution < -0.4 is 9.46 Å². The summed E-state index contributed by atoms with van der Waals surface area (Å²) in [6, 6.07) is 22.5. The highest BCUT2D eigenvalue weighted by molar-refractivity contribution is 7.89. The molecular formula is C23H19N3O3S2. The molecule has 0 spiro atoms. The maximum atomic E-state index is 13.1. The van der Waals surface area contributed by atoms with E-state index in [0.29, 0.717) is 22.7 Å². The Labute approximate surface area is 184 Å². The number of thiazole rings is 1. The van der Waals surface area contributed by atoms with Gasteiger partial charge in [-0.2, -0.15) is 5.26 Å². The van der Waals surface area contributed by atoms with Crippen molar-refractivity contribution in [3.63, 3.8) is 0 Å². The molecule has 0 saturated carbocycles. The van der Waals surface area contributed by atoms with Gasteiger partial charge in [0.25, 0.3) is 0 Å². The van der Waals surface area contributed by atoms with Crippen molar-refractivity contribution in [3.8, 4) is 11.8 Å². The second kappa shape index (κ2) is 8.86. The molecule has 156 valence electrons. The van der Waals surface area contributed by atoms with Crippen molar-refractivity contribution >= 4 is 31.6 Å². The van der Waals surface area contributed by atoms with Gasteiger partial charge < -0.3 is 4.74 Å². The highest BCUT2D eigenvalue weighted by atomic mass is 32.2. The molecular weight excluding hydrogens is 430 g/mol. The second-order valence-electron chi connectivity index (χ2n) is 6.85. The molecule has 1 unspecified atom stereocenters. The second-order valence-corrected chi connectivity index (χ2v) is 9.62. The lowest BCUT2D eigenvalue weighted by molar-refractivity contribution is 0.415. The summed E-state index contributed by atoms with van der Waals surface area (Å²) in [5, 5.41) is 10.1. The number of aromatic nitrogens is 1. The van der Waals surface area contributed by atoms with Crippen molar-refractivity contribution in [2.24, 2.45) is 0 Å². The van der Waals surface area contributed by atoms with Crippen LogP contribution in [0.3, 0.4) is 0 Å². The minimum Gasteiger partial charge on any atom is -0.497 e. The number of ether oxygens (including phenoxy) is 1. The van der Waals surface area contributed by atoms with E-state index in [1.54, 1.807) is 49.6 Å². The van der Waals surface area contributed by atoms with Crippen molar-refractivity contribution < 1.29 is 13.2 Å². The number of nitrogens with one attached hydrogen (secondary N) is 1. The Morgan fingerprint density at radius 2 is 1.84 bits per heavy atom. The number of hydrogen-bond acceptors (Lipinski definition) is 6. The van der Waals surface area contributed by atoms with Crippen LogP contribution in [-0.4, -0.2) is 20.5 Å². The highest BCUT2D eigenvalue weighted by Crippen LogP contribution is 2.32. The first-order valence-electron chi connectivity index (χ1n) is 9.50. The van der Waals surface area contributed by atoms with E-state index in [1.165, 1.54) is 11.3 Å². The Morgan fingerprint density at radius 1 is 1.10 bits per heavy atom. The molecule has 0 aliphatic carbocycles. The summed E-state index contributed by atoms with van der Waals surface area (Å²) in [7, 11) is -2.19. The standard InChI is InChI=1S/C23H19N3O3S2/c1-29-18-11-12-20-22(14-18)30-23(25-20)21(13-16-7-5-6-8-17(16)15-24)26-31(27,28)19-9-3-2-4-10-19/h2-12,14,21,26H,13H2,1H3. The van der Waals surface area contributed by atoms with E-state index in [4.69, 9.17) is 4.74 Å².